The number of hydrogen-bond acceptors (Lipinski definition) is 0. The number of unbranched alkanes of at least 4 members (excludes halogenated alkanes) is 4. The Morgan fingerprint density at radius 2 is 1.33 bits per heavy atom. The SMILES string of the molecule is CCCCCCC(CCCC)CC(C)C. The lowest BCUT2D eigenvalue weighted by Crippen LogP contribution is -2.05. The first-order valence-corrected chi connectivity index (χ1v) is 7.20. The van der Waals surface area contributed by atoms with E-state index in [2.05, 4.69) is 27.7 Å². The van der Waals surface area contributed by atoms with E-state index < -0.39 is 0 Å². The number of hydrogen-bond donors (Lipinski definition) is 0. The molecule has 1 unspecified atom stereocenters. The van der Waals surface area contributed by atoms with Gasteiger partial charge in [-0.15, -0.1) is 0 Å². The summed E-state index contributed by atoms with van der Waals surface area (Å²) in [5.41, 5.74) is 0. The van der Waals surface area contributed by atoms with Crippen molar-refractivity contribution in [1.29, 1.82) is 0 Å². The molecule has 0 aromatic heterocycles. The monoisotopic (exact) mass is 212 g/mol. The maximum absolute atomic E-state index is 2.37. The maximum atomic E-state index is 2.37. The third-order valence-corrected chi connectivity index (χ3v) is 3.24. The van der Waals surface area contributed by atoms with Crippen LogP contribution in [0.15, 0.2) is 0 Å². The molecular weight excluding hydrogens is 180 g/mol. The molecule has 0 rings (SSSR count). The predicted molar refractivity (Wildman–Crippen MR) is 71.2 cm³/mol. The average Bonchev–Trinajstić information content (AvgIpc) is 2.19. The van der Waals surface area contributed by atoms with E-state index in [1.807, 2.05) is 0 Å². The third kappa shape index (κ3) is 10.3. The van der Waals surface area contributed by atoms with Gasteiger partial charge in [0.25, 0.3) is 0 Å². The first-order chi connectivity index (χ1) is 7.20. The minimum Gasteiger partial charge on any atom is -0.0654 e. The molecule has 0 bridgehead atoms. The van der Waals surface area contributed by atoms with Crippen LogP contribution < -0.4 is 0 Å². The zero-order chi connectivity index (χ0) is 11.5. The molecule has 0 saturated heterocycles. The van der Waals surface area contributed by atoms with Crippen molar-refractivity contribution in [2.24, 2.45) is 11.8 Å². The van der Waals surface area contributed by atoms with Crippen LogP contribution >= 0.6 is 0 Å². The van der Waals surface area contributed by atoms with Crippen LogP contribution in [0, 0.1) is 11.8 Å². The molecule has 0 radical (unpaired) electrons. The van der Waals surface area contributed by atoms with Crippen molar-refractivity contribution in [2.45, 2.75) is 85.5 Å². The van der Waals surface area contributed by atoms with Crippen LogP contribution in [0.4, 0.5) is 0 Å². The lowest BCUT2D eigenvalue weighted by atomic mass is 9.88. The third-order valence-electron chi connectivity index (χ3n) is 3.24. The van der Waals surface area contributed by atoms with Crippen molar-refractivity contribution in [3.8, 4) is 0 Å². The quantitative estimate of drug-likeness (QED) is 0.401. The first kappa shape index (κ1) is 15.0. The minimum absolute atomic E-state index is 0.887. The first-order valence-electron chi connectivity index (χ1n) is 7.20. The van der Waals surface area contributed by atoms with Crippen molar-refractivity contribution in [3.05, 3.63) is 0 Å². The fourth-order valence-corrected chi connectivity index (χ4v) is 2.40. The summed E-state index contributed by atoms with van der Waals surface area (Å²) in [7, 11) is 0. The summed E-state index contributed by atoms with van der Waals surface area (Å²) < 4.78 is 0. The van der Waals surface area contributed by atoms with Crippen LogP contribution in [0.25, 0.3) is 0 Å². The highest BCUT2D eigenvalue weighted by molar-refractivity contribution is 4.62. The maximum Gasteiger partial charge on any atom is -0.0412 e. The summed E-state index contributed by atoms with van der Waals surface area (Å²) in [6, 6.07) is 0. The largest absolute Gasteiger partial charge is 0.0654 e. The van der Waals surface area contributed by atoms with Gasteiger partial charge in [-0.1, -0.05) is 79.1 Å². The molecule has 0 heterocycles. The highest BCUT2D eigenvalue weighted by Gasteiger charge is 2.09. The fourth-order valence-electron chi connectivity index (χ4n) is 2.40. The molecule has 0 saturated carbocycles. The van der Waals surface area contributed by atoms with Gasteiger partial charge in [0.1, 0.15) is 0 Å². The van der Waals surface area contributed by atoms with Crippen LogP contribution in [-0.4, -0.2) is 0 Å². The molecule has 0 heteroatoms. The van der Waals surface area contributed by atoms with E-state index >= 15 is 0 Å². The van der Waals surface area contributed by atoms with Gasteiger partial charge in [-0.25, -0.2) is 0 Å². The minimum atomic E-state index is 0.887. The lowest BCUT2D eigenvalue weighted by molar-refractivity contribution is 0.343. The highest BCUT2D eigenvalue weighted by Crippen LogP contribution is 2.24. The van der Waals surface area contributed by atoms with Crippen molar-refractivity contribution in [3.63, 3.8) is 0 Å². The van der Waals surface area contributed by atoms with Crippen molar-refractivity contribution < 1.29 is 0 Å². The summed E-state index contributed by atoms with van der Waals surface area (Å²) in [6.07, 6.45) is 12.9. The fraction of sp³-hybridized carbons (Fsp3) is 1.00. The van der Waals surface area contributed by atoms with Crippen LogP contribution in [0.5, 0.6) is 0 Å². The van der Waals surface area contributed by atoms with Gasteiger partial charge < -0.3 is 0 Å². The zero-order valence-electron chi connectivity index (χ0n) is 11.5. The smallest absolute Gasteiger partial charge is 0.0412 e. The lowest BCUT2D eigenvalue weighted by Gasteiger charge is -2.18. The molecule has 0 aromatic rings. The molecule has 0 aliphatic rings. The van der Waals surface area contributed by atoms with E-state index in [9.17, 15) is 0 Å². The average molecular weight is 212 g/mol. The molecule has 0 aliphatic carbocycles. The molecule has 0 aromatic carbocycles. The second-order valence-corrected chi connectivity index (χ2v) is 5.49. The van der Waals surface area contributed by atoms with Gasteiger partial charge in [0, 0.05) is 0 Å². The Kier molecular flexibility index (Phi) is 10.5. The molecule has 0 N–H and O–H groups in total. The molecule has 0 amide bonds. The van der Waals surface area contributed by atoms with Gasteiger partial charge in [-0.05, 0) is 18.3 Å². The molecular formula is C15H32. The normalized spacial score (nSPS) is 13.4. The van der Waals surface area contributed by atoms with E-state index in [1.165, 1.54) is 57.8 Å². The molecule has 0 nitrogen and oxygen atoms in total. The molecule has 0 aliphatic heterocycles. The highest BCUT2D eigenvalue weighted by atomic mass is 14.2. The standard InChI is InChI=1S/C15H32/c1-5-7-9-10-12-15(11-8-6-2)13-14(3)4/h14-15H,5-13H2,1-4H3. The van der Waals surface area contributed by atoms with E-state index in [-0.39, 0.29) is 0 Å². The van der Waals surface area contributed by atoms with Crippen LogP contribution in [-0.2, 0) is 0 Å². The van der Waals surface area contributed by atoms with Crippen LogP contribution in [0.3, 0.4) is 0 Å². The molecule has 15 heavy (non-hydrogen) atoms. The second kappa shape index (κ2) is 10.5. The Balaban J connectivity index is 3.59. The Hall–Kier alpha value is 0. The van der Waals surface area contributed by atoms with Crippen molar-refractivity contribution in [2.75, 3.05) is 0 Å². The summed E-state index contributed by atoms with van der Waals surface area (Å²) in [4.78, 5) is 0. The predicted octanol–water partition coefficient (Wildman–Crippen LogP) is 5.81. The summed E-state index contributed by atoms with van der Waals surface area (Å²) in [5.74, 6) is 1.90. The van der Waals surface area contributed by atoms with E-state index in [0.717, 1.165) is 11.8 Å². The van der Waals surface area contributed by atoms with Crippen molar-refractivity contribution in [1.82, 2.24) is 0 Å². The summed E-state index contributed by atoms with van der Waals surface area (Å²) in [6.45, 7) is 9.34. The van der Waals surface area contributed by atoms with Gasteiger partial charge in [-0.2, -0.15) is 0 Å². The topological polar surface area (TPSA) is 0 Å². The Labute approximate surface area is 97.8 Å². The van der Waals surface area contributed by atoms with E-state index in [0.29, 0.717) is 0 Å². The van der Waals surface area contributed by atoms with Gasteiger partial charge >= 0.3 is 0 Å². The second-order valence-electron chi connectivity index (χ2n) is 5.49. The Morgan fingerprint density at radius 3 is 1.87 bits per heavy atom. The molecule has 1 atom stereocenters. The Bertz CT molecular complexity index is 115. The van der Waals surface area contributed by atoms with Crippen LogP contribution in [0.1, 0.15) is 85.5 Å². The molecule has 0 fully saturated rings. The Morgan fingerprint density at radius 1 is 0.733 bits per heavy atom. The van der Waals surface area contributed by atoms with E-state index in [4.69, 9.17) is 0 Å². The molecule has 92 valence electrons. The summed E-state index contributed by atoms with van der Waals surface area (Å²) >= 11 is 0. The van der Waals surface area contributed by atoms with Gasteiger partial charge in [0.15, 0.2) is 0 Å². The van der Waals surface area contributed by atoms with Crippen molar-refractivity contribution >= 4 is 0 Å². The van der Waals surface area contributed by atoms with Gasteiger partial charge in [0.2, 0.25) is 0 Å². The van der Waals surface area contributed by atoms with Crippen LogP contribution in [0.2, 0.25) is 0 Å². The number of rotatable bonds is 10. The van der Waals surface area contributed by atoms with Gasteiger partial charge in [0.05, 0.1) is 0 Å². The van der Waals surface area contributed by atoms with Gasteiger partial charge in [-0.3, -0.25) is 0 Å². The zero-order valence-corrected chi connectivity index (χ0v) is 11.5. The summed E-state index contributed by atoms with van der Waals surface area (Å²) in [5, 5.41) is 0. The molecule has 0 spiro atoms. The van der Waals surface area contributed by atoms with E-state index in [1.54, 1.807) is 0 Å².